The summed E-state index contributed by atoms with van der Waals surface area (Å²) >= 11 is 0. The normalized spacial score (nSPS) is 27.9. The Hall–Kier alpha value is -3.38. The first-order valence-electron chi connectivity index (χ1n) is 13.4. The summed E-state index contributed by atoms with van der Waals surface area (Å²) in [7, 11) is 0. The van der Waals surface area contributed by atoms with Crippen molar-refractivity contribution in [3.05, 3.63) is 60.7 Å². The number of benzene rings is 1. The van der Waals surface area contributed by atoms with E-state index in [9.17, 15) is 24.3 Å². The number of ether oxygens (including phenoxy) is 6. The van der Waals surface area contributed by atoms with Crippen molar-refractivity contribution in [3.63, 3.8) is 0 Å². The molecule has 0 spiro atoms. The smallest absolute Gasteiger partial charge is 0.303 e. The SMILES string of the molecule is C=CCC1C=CC(=O)[C@@H]([C@@H](OC(C)=O)[C@@H]2O[C@H](C[C@@](C)(COC(C)=O)OC(C)=O)[C@H](OCc3ccccc3)[C@@H]2O)O1. The Labute approximate surface area is 239 Å². The average molecular weight is 575 g/mol. The lowest BCUT2D eigenvalue weighted by atomic mass is 9.92. The standard InChI is InChI=1S/C30H38O11/c1-6-10-22-13-14-23(34)26(39-22)29(38-19(3)32)28-25(35)27(36-16-21-11-8-7-9-12-21)24(40-28)15-30(5,41-20(4)33)17-37-18(2)31/h6-9,11-14,22,24-29,35H,1,10,15-17H2,2-5H3/t22?,24-,25+,26+,27+,28-,29-,30+/m1/s1. The molecule has 224 valence electrons. The molecule has 1 N–H and O–H groups in total. The van der Waals surface area contributed by atoms with Gasteiger partial charge in [0.05, 0.1) is 18.8 Å². The van der Waals surface area contributed by atoms with Crippen molar-refractivity contribution in [1.82, 2.24) is 0 Å². The van der Waals surface area contributed by atoms with Gasteiger partial charge in [-0.25, -0.2) is 0 Å². The molecule has 0 aliphatic carbocycles. The Morgan fingerprint density at radius 3 is 2.41 bits per heavy atom. The quantitative estimate of drug-likeness (QED) is 0.211. The minimum absolute atomic E-state index is 0.0574. The van der Waals surface area contributed by atoms with Gasteiger partial charge in [0.15, 0.2) is 18.0 Å². The van der Waals surface area contributed by atoms with Crippen molar-refractivity contribution in [3.8, 4) is 0 Å². The second-order valence-corrected chi connectivity index (χ2v) is 10.4. The summed E-state index contributed by atoms with van der Waals surface area (Å²) in [6, 6.07) is 9.23. The molecule has 2 heterocycles. The third kappa shape index (κ3) is 9.06. The molecule has 1 unspecified atom stereocenters. The van der Waals surface area contributed by atoms with E-state index in [-0.39, 0.29) is 19.6 Å². The van der Waals surface area contributed by atoms with Crippen molar-refractivity contribution in [2.24, 2.45) is 0 Å². The molecule has 0 radical (unpaired) electrons. The Balaban J connectivity index is 1.94. The first kappa shape index (κ1) is 32.1. The Morgan fingerprint density at radius 1 is 1.10 bits per heavy atom. The van der Waals surface area contributed by atoms with E-state index in [2.05, 4.69) is 6.58 Å². The fourth-order valence-corrected chi connectivity index (χ4v) is 4.96. The van der Waals surface area contributed by atoms with E-state index in [1.54, 1.807) is 19.1 Å². The number of carbonyl (C=O) groups excluding carboxylic acids is 4. The van der Waals surface area contributed by atoms with Crippen LogP contribution in [0.15, 0.2) is 55.1 Å². The molecule has 41 heavy (non-hydrogen) atoms. The lowest BCUT2D eigenvalue weighted by Crippen LogP contribution is -2.52. The Kier molecular flexibility index (Phi) is 11.4. The molecule has 1 aromatic rings. The molecule has 0 aromatic heterocycles. The molecule has 0 bridgehead atoms. The zero-order valence-electron chi connectivity index (χ0n) is 23.7. The highest BCUT2D eigenvalue weighted by Gasteiger charge is 2.54. The van der Waals surface area contributed by atoms with E-state index in [1.165, 1.54) is 26.8 Å². The monoisotopic (exact) mass is 574 g/mol. The summed E-state index contributed by atoms with van der Waals surface area (Å²) in [6.45, 7) is 8.71. The van der Waals surface area contributed by atoms with Crippen LogP contribution in [0.2, 0.25) is 0 Å². The predicted octanol–water partition coefficient (Wildman–Crippen LogP) is 2.38. The molecule has 11 heteroatoms. The zero-order valence-corrected chi connectivity index (χ0v) is 23.7. The topological polar surface area (TPSA) is 144 Å². The van der Waals surface area contributed by atoms with Gasteiger partial charge in [-0.05, 0) is 25.0 Å². The molecule has 8 atom stereocenters. The molecule has 11 nitrogen and oxygen atoms in total. The maximum Gasteiger partial charge on any atom is 0.303 e. The molecule has 0 amide bonds. The summed E-state index contributed by atoms with van der Waals surface area (Å²) in [5.74, 6) is -2.36. The number of aliphatic hydroxyl groups excluding tert-OH is 1. The molecular formula is C30H38O11. The highest BCUT2D eigenvalue weighted by molar-refractivity contribution is 5.95. The third-order valence-corrected chi connectivity index (χ3v) is 6.66. The van der Waals surface area contributed by atoms with Gasteiger partial charge in [-0.1, -0.05) is 42.5 Å². The maximum atomic E-state index is 12.9. The predicted molar refractivity (Wildman–Crippen MR) is 144 cm³/mol. The van der Waals surface area contributed by atoms with Crippen LogP contribution in [0.25, 0.3) is 0 Å². The summed E-state index contributed by atoms with van der Waals surface area (Å²) in [5.41, 5.74) is -0.527. The van der Waals surface area contributed by atoms with Crippen molar-refractivity contribution >= 4 is 23.7 Å². The third-order valence-electron chi connectivity index (χ3n) is 6.66. The zero-order chi connectivity index (χ0) is 30.2. The van der Waals surface area contributed by atoms with Gasteiger partial charge in [0.25, 0.3) is 0 Å². The van der Waals surface area contributed by atoms with Crippen LogP contribution in [0.1, 0.15) is 46.1 Å². The number of ketones is 1. The number of hydrogen-bond acceptors (Lipinski definition) is 11. The van der Waals surface area contributed by atoms with Crippen LogP contribution < -0.4 is 0 Å². The number of hydrogen-bond donors (Lipinski definition) is 1. The average Bonchev–Trinajstić information content (AvgIpc) is 3.20. The first-order valence-corrected chi connectivity index (χ1v) is 13.4. The van der Waals surface area contributed by atoms with Crippen LogP contribution in [0.3, 0.4) is 0 Å². The second-order valence-electron chi connectivity index (χ2n) is 10.4. The van der Waals surface area contributed by atoms with Crippen LogP contribution in [-0.4, -0.2) is 83.7 Å². The highest BCUT2D eigenvalue weighted by atomic mass is 16.6. The molecule has 1 fully saturated rings. The molecule has 3 rings (SSSR count). The van der Waals surface area contributed by atoms with E-state index in [0.717, 1.165) is 5.56 Å². The van der Waals surface area contributed by atoms with Crippen molar-refractivity contribution in [2.75, 3.05) is 6.61 Å². The lowest BCUT2D eigenvalue weighted by molar-refractivity contribution is -0.187. The van der Waals surface area contributed by atoms with Gasteiger partial charge in [0, 0.05) is 27.2 Å². The largest absolute Gasteiger partial charge is 0.462 e. The maximum absolute atomic E-state index is 12.9. The van der Waals surface area contributed by atoms with E-state index >= 15 is 0 Å². The van der Waals surface area contributed by atoms with Gasteiger partial charge in [0.2, 0.25) is 0 Å². The lowest BCUT2D eigenvalue weighted by Gasteiger charge is -2.34. The van der Waals surface area contributed by atoms with Gasteiger partial charge in [-0.3, -0.25) is 19.2 Å². The second kappa shape index (κ2) is 14.5. The van der Waals surface area contributed by atoms with Gasteiger partial charge >= 0.3 is 17.9 Å². The molecular weight excluding hydrogens is 536 g/mol. The highest BCUT2D eigenvalue weighted by Crippen LogP contribution is 2.36. The van der Waals surface area contributed by atoms with Gasteiger partial charge in [-0.2, -0.15) is 0 Å². The van der Waals surface area contributed by atoms with Crippen LogP contribution in [-0.2, 0) is 54.2 Å². The summed E-state index contributed by atoms with van der Waals surface area (Å²) in [5, 5.41) is 11.5. The van der Waals surface area contributed by atoms with Gasteiger partial charge in [0.1, 0.15) is 30.5 Å². The fourth-order valence-electron chi connectivity index (χ4n) is 4.96. The van der Waals surface area contributed by atoms with Gasteiger partial charge in [-0.15, -0.1) is 6.58 Å². The molecule has 0 saturated carbocycles. The summed E-state index contributed by atoms with van der Waals surface area (Å²) in [4.78, 5) is 48.5. The van der Waals surface area contributed by atoms with E-state index in [0.29, 0.717) is 6.42 Å². The van der Waals surface area contributed by atoms with E-state index in [1.807, 2.05) is 30.3 Å². The van der Waals surface area contributed by atoms with E-state index < -0.39 is 72.0 Å². The Morgan fingerprint density at radius 2 is 1.80 bits per heavy atom. The summed E-state index contributed by atoms with van der Waals surface area (Å²) in [6.07, 6.45) is -2.75. The van der Waals surface area contributed by atoms with Crippen molar-refractivity contribution in [2.45, 2.75) is 95.5 Å². The summed E-state index contributed by atoms with van der Waals surface area (Å²) < 4.78 is 34.5. The van der Waals surface area contributed by atoms with Crippen LogP contribution >= 0.6 is 0 Å². The molecule has 2 aliphatic rings. The number of rotatable bonds is 13. The van der Waals surface area contributed by atoms with E-state index in [4.69, 9.17) is 28.4 Å². The van der Waals surface area contributed by atoms with Crippen LogP contribution in [0.5, 0.6) is 0 Å². The minimum Gasteiger partial charge on any atom is -0.462 e. The molecule has 1 aromatic carbocycles. The van der Waals surface area contributed by atoms with Crippen LogP contribution in [0, 0.1) is 0 Å². The fraction of sp³-hybridized carbons (Fsp3) is 0.533. The van der Waals surface area contributed by atoms with Gasteiger partial charge < -0.3 is 33.5 Å². The number of carbonyl (C=O) groups is 4. The Bertz CT molecular complexity index is 1120. The van der Waals surface area contributed by atoms with Crippen molar-refractivity contribution in [1.29, 1.82) is 0 Å². The minimum atomic E-state index is -1.39. The van der Waals surface area contributed by atoms with Crippen molar-refractivity contribution < 1.29 is 52.7 Å². The molecule has 1 saturated heterocycles. The molecule has 2 aliphatic heterocycles. The number of esters is 3. The number of aliphatic hydroxyl groups is 1. The van der Waals surface area contributed by atoms with Crippen LogP contribution in [0.4, 0.5) is 0 Å². The first-order chi connectivity index (χ1) is 19.4.